The van der Waals surface area contributed by atoms with Gasteiger partial charge in [-0.25, -0.2) is 0 Å². The number of aromatic hydroxyl groups is 1. The largest absolute Gasteiger partial charge is 0.508 e. The number of hydrogen-bond acceptors (Lipinski definition) is 1. The van der Waals surface area contributed by atoms with Gasteiger partial charge in [-0.1, -0.05) is 48.9 Å². The van der Waals surface area contributed by atoms with E-state index in [-0.39, 0.29) is 5.41 Å². The number of hydrogen-bond donors (Lipinski definition) is 1. The lowest BCUT2D eigenvalue weighted by atomic mass is 9.84. The number of allylic oxidation sites excluding steroid dienone is 4. The van der Waals surface area contributed by atoms with E-state index in [1.54, 1.807) is 12.1 Å². The normalized spacial score (nSPS) is 14.1. The zero-order chi connectivity index (χ0) is 14.3. The Morgan fingerprint density at radius 3 is 2.42 bits per heavy atom. The van der Waals surface area contributed by atoms with Gasteiger partial charge in [-0.15, -0.1) is 6.58 Å². The van der Waals surface area contributed by atoms with Crippen LogP contribution in [0.3, 0.4) is 0 Å². The second-order valence-electron chi connectivity index (χ2n) is 5.45. The molecule has 1 atom stereocenters. The zero-order valence-corrected chi connectivity index (χ0v) is 12.2. The van der Waals surface area contributed by atoms with Crippen LogP contribution in [0.2, 0.25) is 0 Å². The molecule has 0 saturated carbocycles. The highest BCUT2D eigenvalue weighted by atomic mass is 16.3. The summed E-state index contributed by atoms with van der Waals surface area (Å²) in [4.78, 5) is 0. The molecule has 0 heterocycles. The van der Waals surface area contributed by atoms with E-state index in [9.17, 15) is 5.11 Å². The quantitative estimate of drug-likeness (QED) is 0.681. The van der Waals surface area contributed by atoms with Gasteiger partial charge in [0.05, 0.1) is 0 Å². The smallest absolute Gasteiger partial charge is 0.115 e. The Morgan fingerprint density at radius 2 is 1.89 bits per heavy atom. The highest BCUT2D eigenvalue weighted by Crippen LogP contribution is 2.28. The van der Waals surface area contributed by atoms with E-state index in [0.29, 0.717) is 5.75 Å². The molecule has 0 saturated heterocycles. The van der Waals surface area contributed by atoms with Gasteiger partial charge in [0.25, 0.3) is 0 Å². The summed E-state index contributed by atoms with van der Waals surface area (Å²) in [5, 5.41) is 9.25. The number of benzene rings is 1. The number of rotatable bonds is 6. The Balaban J connectivity index is 2.71. The van der Waals surface area contributed by atoms with Crippen LogP contribution < -0.4 is 0 Å². The van der Waals surface area contributed by atoms with Crippen molar-refractivity contribution in [3.63, 3.8) is 0 Å². The van der Waals surface area contributed by atoms with Gasteiger partial charge < -0.3 is 5.11 Å². The number of phenols is 1. The molecule has 0 aromatic heterocycles. The number of phenolic OH excluding ortho intramolecular Hbond substituents is 1. The summed E-state index contributed by atoms with van der Waals surface area (Å²) in [6, 6.07) is 7.22. The average molecular weight is 256 g/mol. The second kappa shape index (κ2) is 6.98. The highest BCUT2D eigenvalue weighted by Gasteiger charge is 2.14. The summed E-state index contributed by atoms with van der Waals surface area (Å²) in [5.41, 5.74) is 2.45. The third-order valence-corrected chi connectivity index (χ3v) is 3.25. The van der Waals surface area contributed by atoms with E-state index in [4.69, 9.17) is 0 Å². The molecule has 1 aromatic rings. The summed E-state index contributed by atoms with van der Waals surface area (Å²) in [7, 11) is 0. The Kier molecular flexibility index (Phi) is 5.62. The van der Waals surface area contributed by atoms with Crippen molar-refractivity contribution in [2.45, 2.75) is 33.6 Å². The van der Waals surface area contributed by atoms with Gasteiger partial charge in [0.15, 0.2) is 0 Å². The van der Waals surface area contributed by atoms with Gasteiger partial charge in [0.1, 0.15) is 5.75 Å². The van der Waals surface area contributed by atoms with Crippen molar-refractivity contribution in [2.24, 2.45) is 5.41 Å². The first-order chi connectivity index (χ1) is 8.95. The topological polar surface area (TPSA) is 20.2 Å². The Labute approximate surface area is 117 Å². The standard InChI is InChI=1S/C18H24O/c1-5-18(4,13-6-7-15(2)3)14-12-16-8-10-17(19)11-9-16/h5,7-12,14,19H,1,6,13H2,2-4H3/b14-12-/t18-/m1/s1. The molecule has 0 fully saturated rings. The molecular formula is C18H24O. The third kappa shape index (κ3) is 5.60. The van der Waals surface area contributed by atoms with Crippen LogP contribution >= 0.6 is 0 Å². The zero-order valence-electron chi connectivity index (χ0n) is 12.2. The SMILES string of the molecule is C=C[C@@](C)(/C=C\c1ccc(O)cc1)CCC=C(C)C. The summed E-state index contributed by atoms with van der Waals surface area (Å²) < 4.78 is 0. The van der Waals surface area contributed by atoms with Crippen LogP contribution in [0.1, 0.15) is 39.2 Å². The van der Waals surface area contributed by atoms with Crippen molar-refractivity contribution in [3.05, 3.63) is 60.2 Å². The molecule has 102 valence electrons. The molecule has 0 aliphatic heterocycles. The van der Waals surface area contributed by atoms with Crippen LogP contribution in [0.15, 0.2) is 54.6 Å². The molecule has 0 unspecified atom stereocenters. The van der Waals surface area contributed by atoms with E-state index in [2.05, 4.69) is 45.6 Å². The first kappa shape index (κ1) is 15.3. The van der Waals surface area contributed by atoms with Gasteiger partial charge in [-0.2, -0.15) is 0 Å². The summed E-state index contributed by atoms with van der Waals surface area (Å²) in [5.74, 6) is 0.298. The summed E-state index contributed by atoms with van der Waals surface area (Å²) in [6.07, 6.45) is 10.6. The fourth-order valence-corrected chi connectivity index (χ4v) is 1.80. The molecule has 1 nitrogen and oxygen atoms in total. The van der Waals surface area contributed by atoms with Gasteiger partial charge in [-0.05, 0) is 44.4 Å². The lowest BCUT2D eigenvalue weighted by molar-refractivity contribution is 0.475. The maximum absolute atomic E-state index is 9.25. The minimum Gasteiger partial charge on any atom is -0.508 e. The summed E-state index contributed by atoms with van der Waals surface area (Å²) in [6.45, 7) is 10.4. The predicted octanol–water partition coefficient (Wildman–Crippen LogP) is 5.34. The van der Waals surface area contributed by atoms with Gasteiger partial charge >= 0.3 is 0 Å². The Morgan fingerprint density at radius 1 is 1.26 bits per heavy atom. The molecule has 1 aromatic carbocycles. The molecule has 0 aliphatic carbocycles. The molecule has 1 heteroatoms. The van der Waals surface area contributed by atoms with E-state index in [1.807, 2.05) is 18.2 Å². The van der Waals surface area contributed by atoms with E-state index in [1.165, 1.54) is 5.57 Å². The molecule has 19 heavy (non-hydrogen) atoms. The minimum absolute atomic E-state index is 0.00381. The van der Waals surface area contributed by atoms with Crippen molar-refractivity contribution < 1.29 is 5.11 Å². The van der Waals surface area contributed by atoms with Crippen LogP contribution in [0.4, 0.5) is 0 Å². The lowest BCUT2D eigenvalue weighted by Crippen LogP contribution is -2.08. The van der Waals surface area contributed by atoms with Crippen molar-refractivity contribution in [1.29, 1.82) is 0 Å². The lowest BCUT2D eigenvalue weighted by Gasteiger charge is -2.20. The maximum atomic E-state index is 9.25. The van der Waals surface area contributed by atoms with Gasteiger partial charge in [-0.3, -0.25) is 0 Å². The fraction of sp³-hybridized carbons (Fsp3) is 0.333. The molecule has 0 radical (unpaired) electrons. The monoisotopic (exact) mass is 256 g/mol. The van der Waals surface area contributed by atoms with Crippen molar-refractivity contribution in [1.82, 2.24) is 0 Å². The molecule has 1 N–H and O–H groups in total. The molecule has 0 spiro atoms. The minimum atomic E-state index is 0.00381. The Hall–Kier alpha value is -1.76. The Bertz CT molecular complexity index is 461. The van der Waals surface area contributed by atoms with E-state index >= 15 is 0 Å². The van der Waals surface area contributed by atoms with Gasteiger partial charge in [0, 0.05) is 5.41 Å². The van der Waals surface area contributed by atoms with Crippen molar-refractivity contribution >= 4 is 6.08 Å². The highest BCUT2D eigenvalue weighted by molar-refractivity contribution is 5.51. The van der Waals surface area contributed by atoms with Crippen LogP contribution in [0.5, 0.6) is 5.75 Å². The second-order valence-corrected chi connectivity index (χ2v) is 5.45. The fourth-order valence-electron chi connectivity index (χ4n) is 1.80. The van der Waals surface area contributed by atoms with Crippen LogP contribution in [0.25, 0.3) is 6.08 Å². The van der Waals surface area contributed by atoms with E-state index in [0.717, 1.165) is 18.4 Å². The molecule has 0 bridgehead atoms. The van der Waals surface area contributed by atoms with Crippen molar-refractivity contribution in [3.8, 4) is 5.75 Å². The molecule has 1 rings (SSSR count). The first-order valence-electron chi connectivity index (χ1n) is 6.70. The van der Waals surface area contributed by atoms with Crippen molar-refractivity contribution in [2.75, 3.05) is 0 Å². The summed E-state index contributed by atoms with van der Waals surface area (Å²) >= 11 is 0. The van der Waals surface area contributed by atoms with Crippen LogP contribution in [0, 0.1) is 5.41 Å². The molecular weight excluding hydrogens is 232 g/mol. The average Bonchev–Trinajstić information content (AvgIpc) is 2.38. The van der Waals surface area contributed by atoms with Gasteiger partial charge in [0.2, 0.25) is 0 Å². The molecule has 0 aliphatic rings. The van der Waals surface area contributed by atoms with Crippen LogP contribution in [-0.4, -0.2) is 5.11 Å². The maximum Gasteiger partial charge on any atom is 0.115 e. The first-order valence-corrected chi connectivity index (χ1v) is 6.70. The van der Waals surface area contributed by atoms with Crippen LogP contribution in [-0.2, 0) is 0 Å². The third-order valence-electron chi connectivity index (χ3n) is 3.25. The van der Waals surface area contributed by atoms with E-state index < -0.39 is 0 Å². The predicted molar refractivity (Wildman–Crippen MR) is 84.1 cm³/mol. The molecule has 0 amide bonds.